The van der Waals surface area contributed by atoms with Gasteiger partial charge < -0.3 is 5.32 Å². The van der Waals surface area contributed by atoms with Crippen molar-refractivity contribution in [2.45, 2.75) is 31.2 Å². The number of carbonyl (C=O) groups is 2. The van der Waals surface area contributed by atoms with Crippen LogP contribution in [0.15, 0.2) is 79.9 Å². The molecule has 3 nitrogen and oxygen atoms in total. The smallest absolute Gasteiger partial charge is 0.252 e. The molecule has 0 aromatic heterocycles. The number of terminal acetylenes is 1. The molecule has 3 heteroatoms. The molecule has 0 saturated heterocycles. The van der Waals surface area contributed by atoms with Crippen LogP contribution in [-0.2, 0) is 11.2 Å². The van der Waals surface area contributed by atoms with Gasteiger partial charge in [-0.1, -0.05) is 48.4 Å². The van der Waals surface area contributed by atoms with Crippen LogP contribution in [0.25, 0.3) is 0 Å². The maximum Gasteiger partial charge on any atom is 0.252 e. The van der Waals surface area contributed by atoms with Gasteiger partial charge in [-0.3, -0.25) is 9.59 Å². The number of hydrogen-bond acceptors (Lipinski definition) is 2. The topological polar surface area (TPSA) is 46.2 Å². The Bertz CT molecular complexity index is 863. The second-order valence-electron chi connectivity index (χ2n) is 6.65. The van der Waals surface area contributed by atoms with E-state index in [1.54, 1.807) is 36.4 Å². The van der Waals surface area contributed by atoms with Crippen molar-refractivity contribution in [1.29, 1.82) is 0 Å². The number of hydrogen-bond donors (Lipinski definition) is 1. The van der Waals surface area contributed by atoms with Crippen molar-refractivity contribution in [1.82, 2.24) is 5.32 Å². The number of rotatable bonds is 10. The molecule has 0 unspecified atom stereocenters. The summed E-state index contributed by atoms with van der Waals surface area (Å²) in [6, 6.07) is 16.5. The predicted octanol–water partition coefficient (Wildman–Crippen LogP) is 4.49. The number of ketones is 1. The highest BCUT2D eigenvalue weighted by molar-refractivity contribution is 6.00. The van der Waals surface area contributed by atoms with E-state index >= 15 is 0 Å². The van der Waals surface area contributed by atoms with Gasteiger partial charge in [0, 0.05) is 17.5 Å². The second kappa shape index (κ2) is 10.1. The third-order valence-corrected chi connectivity index (χ3v) is 4.67. The zero-order valence-corrected chi connectivity index (χ0v) is 16.0. The van der Waals surface area contributed by atoms with E-state index < -0.39 is 5.54 Å². The van der Waals surface area contributed by atoms with Crippen LogP contribution in [0.4, 0.5) is 0 Å². The molecule has 0 aliphatic carbocycles. The SMILES string of the molecule is C#Cc1ccc(C(=O)NC(CC=C)(CC=C)C(=O)CCc2ccccc2)cc1. The normalized spacial score (nSPS) is 10.5. The largest absolute Gasteiger partial charge is 0.339 e. The van der Waals surface area contributed by atoms with Gasteiger partial charge in [0.25, 0.3) is 5.91 Å². The van der Waals surface area contributed by atoms with Crippen LogP contribution in [0.1, 0.15) is 40.7 Å². The third kappa shape index (κ3) is 5.31. The number of Topliss-reactive ketones (excluding diaryl/α,β-unsaturated/α-hetero) is 1. The molecule has 0 saturated carbocycles. The van der Waals surface area contributed by atoms with Crippen molar-refractivity contribution in [2.75, 3.05) is 0 Å². The Morgan fingerprint density at radius 2 is 1.61 bits per heavy atom. The molecule has 0 aliphatic rings. The van der Waals surface area contributed by atoms with Gasteiger partial charge in [-0.15, -0.1) is 19.6 Å². The monoisotopic (exact) mass is 371 g/mol. The zero-order valence-electron chi connectivity index (χ0n) is 16.0. The number of nitrogens with one attached hydrogen (secondary N) is 1. The molecule has 142 valence electrons. The zero-order chi connectivity index (χ0) is 20.4. The highest BCUT2D eigenvalue weighted by atomic mass is 16.2. The fraction of sp³-hybridized carbons (Fsp3) is 0.200. The predicted molar refractivity (Wildman–Crippen MR) is 114 cm³/mol. The van der Waals surface area contributed by atoms with Crippen LogP contribution >= 0.6 is 0 Å². The minimum absolute atomic E-state index is 0.0373. The first-order valence-corrected chi connectivity index (χ1v) is 9.23. The van der Waals surface area contributed by atoms with Crippen LogP contribution in [0.5, 0.6) is 0 Å². The molecule has 0 atom stereocenters. The van der Waals surface area contributed by atoms with Crippen LogP contribution in [0, 0.1) is 12.3 Å². The van der Waals surface area contributed by atoms with Crippen molar-refractivity contribution >= 4 is 11.7 Å². The Hall–Kier alpha value is -3.38. The minimum Gasteiger partial charge on any atom is -0.339 e. The van der Waals surface area contributed by atoms with Gasteiger partial charge in [0.05, 0.1) is 0 Å². The van der Waals surface area contributed by atoms with Gasteiger partial charge in [0.2, 0.25) is 0 Å². The third-order valence-electron chi connectivity index (χ3n) is 4.67. The van der Waals surface area contributed by atoms with Crippen LogP contribution in [-0.4, -0.2) is 17.2 Å². The lowest BCUT2D eigenvalue weighted by atomic mass is 9.83. The van der Waals surface area contributed by atoms with Gasteiger partial charge in [0.15, 0.2) is 5.78 Å². The van der Waals surface area contributed by atoms with Crippen molar-refractivity contribution in [3.8, 4) is 12.3 Å². The highest BCUT2D eigenvalue weighted by Gasteiger charge is 2.37. The van der Waals surface area contributed by atoms with E-state index in [0.717, 1.165) is 5.56 Å². The number of benzene rings is 2. The van der Waals surface area contributed by atoms with Crippen LogP contribution in [0.3, 0.4) is 0 Å². The number of amides is 1. The van der Waals surface area contributed by atoms with Gasteiger partial charge in [-0.25, -0.2) is 0 Å². The molecule has 2 rings (SSSR count). The highest BCUT2D eigenvalue weighted by Crippen LogP contribution is 2.22. The molecule has 1 amide bonds. The molecular formula is C25H25NO2. The van der Waals surface area contributed by atoms with E-state index in [9.17, 15) is 9.59 Å². The van der Waals surface area contributed by atoms with E-state index in [0.29, 0.717) is 36.8 Å². The Labute approximate surface area is 167 Å². The molecule has 0 bridgehead atoms. The van der Waals surface area contributed by atoms with Gasteiger partial charge in [0.1, 0.15) is 5.54 Å². The maximum absolute atomic E-state index is 13.1. The van der Waals surface area contributed by atoms with Crippen molar-refractivity contribution in [2.24, 2.45) is 0 Å². The Morgan fingerprint density at radius 3 is 2.14 bits per heavy atom. The first-order chi connectivity index (χ1) is 13.5. The Balaban J connectivity index is 2.21. The fourth-order valence-corrected chi connectivity index (χ4v) is 3.12. The summed E-state index contributed by atoms with van der Waals surface area (Å²) in [5.41, 5.74) is 1.17. The molecule has 0 fully saturated rings. The lowest BCUT2D eigenvalue weighted by Crippen LogP contribution is -2.54. The first-order valence-electron chi connectivity index (χ1n) is 9.23. The van der Waals surface area contributed by atoms with Crippen molar-refractivity contribution in [3.05, 3.63) is 96.6 Å². The summed E-state index contributed by atoms with van der Waals surface area (Å²) in [7, 11) is 0. The molecule has 28 heavy (non-hydrogen) atoms. The van der Waals surface area contributed by atoms with E-state index in [1.807, 2.05) is 30.3 Å². The molecular weight excluding hydrogens is 346 g/mol. The van der Waals surface area contributed by atoms with E-state index in [4.69, 9.17) is 6.42 Å². The maximum atomic E-state index is 13.1. The lowest BCUT2D eigenvalue weighted by Gasteiger charge is -2.32. The molecule has 2 aromatic rings. The van der Waals surface area contributed by atoms with Gasteiger partial charge >= 0.3 is 0 Å². The van der Waals surface area contributed by atoms with Gasteiger partial charge in [-0.05, 0) is 49.1 Å². The summed E-state index contributed by atoms with van der Waals surface area (Å²) in [6.07, 6.45) is 10.3. The van der Waals surface area contributed by atoms with Crippen LogP contribution < -0.4 is 5.32 Å². The van der Waals surface area contributed by atoms with Crippen LogP contribution in [0.2, 0.25) is 0 Å². The quantitative estimate of drug-likeness (QED) is 0.494. The molecule has 1 N–H and O–H groups in total. The van der Waals surface area contributed by atoms with Crippen molar-refractivity contribution < 1.29 is 9.59 Å². The molecule has 2 aromatic carbocycles. The van der Waals surface area contributed by atoms with E-state index in [2.05, 4.69) is 24.4 Å². The summed E-state index contributed by atoms with van der Waals surface area (Å²) in [4.78, 5) is 26.0. The van der Waals surface area contributed by atoms with Gasteiger partial charge in [-0.2, -0.15) is 0 Å². The first kappa shape index (κ1) is 20.9. The van der Waals surface area contributed by atoms with E-state index in [1.165, 1.54) is 0 Å². The number of aryl methyl sites for hydroxylation is 1. The summed E-state index contributed by atoms with van der Waals surface area (Å²) < 4.78 is 0. The number of carbonyl (C=O) groups excluding carboxylic acids is 2. The minimum atomic E-state index is -1.06. The average molecular weight is 371 g/mol. The molecule has 0 aliphatic heterocycles. The average Bonchev–Trinajstić information content (AvgIpc) is 2.73. The molecule has 0 heterocycles. The molecule has 0 spiro atoms. The summed E-state index contributed by atoms with van der Waals surface area (Å²) in [5, 5.41) is 2.94. The summed E-state index contributed by atoms with van der Waals surface area (Å²) >= 11 is 0. The summed E-state index contributed by atoms with van der Waals surface area (Å²) in [6.45, 7) is 7.54. The second-order valence-corrected chi connectivity index (χ2v) is 6.65. The Morgan fingerprint density at radius 1 is 1.00 bits per heavy atom. The summed E-state index contributed by atoms with van der Waals surface area (Å²) in [5.74, 6) is 2.16. The fourth-order valence-electron chi connectivity index (χ4n) is 3.12. The Kier molecular flexibility index (Phi) is 7.54. The van der Waals surface area contributed by atoms with Crippen molar-refractivity contribution in [3.63, 3.8) is 0 Å². The standard InChI is InChI=1S/C25H25NO2/c1-4-18-25(19-5-2,23(27)17-14-21-10-8-7-9-11-21)26-24(28)22-15-12-20(6-3)13-16-22/h3-5,7-13,15-16H,1-2,14,17-19H2,(H,26,28). The molecule has 0 radical (unpaired) electrons. The lowest BCUT2D eigenvalue weighted by molar-refractivity contribution is -0.125. The van der Waals surface area contributed by atoms with E-state index in [-0.39, 0.29) is 11.7 Å².